The minimum absolute atomic E-state index is 0.0335. The van der Waals surface area contributed by atoms with Crippen molar-refractivity contribution in [2.45, 2.75) is 32.4 Å². The molecule has 2 N–H and O–H groups in total. The average Bonchev–Trinajstić information content (AvgIpc) is 2.56. The van der Waals surface area contributed by atoms with E-state index in [-0.39, 0.29) is 23.9 Å². The number of carbonyl (C=O) groups excluding carboxylic acids is 2. The van der Waals surface area contributed by atoms with Gasteiger partial charge in [-0.05, 0) is 44.5 Å². The van der Waals surface area contributed by atoms with Crippen molar-refractivity contribution >= 4 is 11.8 Å². The van der Waals surface area contributed by atoms with Gasteiger partial charge in [-0.1, -0.05) is 36.4 Å². The zero-order valence-corrected chi connectivity index (χ0v) is 13.5. The highest BCUT2D eigenvalue weighted by Gasteiger charge is 2.15. The van der Waals surface area contributed by atoms with Gasteiger partial charge in [-0.15, -0.1) is 0 Å². The molecule has 2 rings (SSSR count). The lowest BCUT2D eigenvalue weighted by Crippen LogP contribution is -2.40. The summed E-state index contributed by atoms with van der Waals surface area (Å²) in [4.78, 5) is 24.2. The molecular weight excluding hydrogens is 288 g/mol. The van der Waals surface area contributed by atoms with E-state index >= 15 is 0 Å². The summed E-state index contributed by atoms with van der Waals surface area (Å²) in [5.74, 6) is -0.195. The van der Waals surface area contributed by atoms with Crippen LogP contribution in [0.25, 0.3) is 0 Å². The maximum Gasteiger partial charge on any atom is 0.251 e. The summed E-state index contributed by atoms with van der Waals surface area (Å²) < 4.78 is 0. The van der Waals surface area contributed by atoms with Gasteiger partial charge in [0.15, 0.2) is 0 Å². The number of benzene rings is 2. The van der Waals surface area contributed by atoms with Gasteiger partial charge in [-0.25, -0.2) is 0 Å². The van der Waals surface area contributed by atoms with E-state index < -0.39 is 0 Å². The molecule has 0 aliphatic carbocycles. The summed E-state index contributed by atoms with van der Waals surface area (Å²) >= 11 is 0. The van der Waals surface area contributed by atoms with Crippen LogP contribution in [0, 0.1) is 0 Å². The summed E-state index contributed by atoms with van der Waals surface area (Å²) in [6.07, 6.45) is 0.664. The molecule has 0 fully saturated rings. The maximum atomic E-state index is 12.1. The normalized spacial score (nSPS) is 13.0. The quantitative estimate of drug-likeness (QED) is 0.861. The fourth-order valence-electron chi connectivity index (χ4n) is 2.44. The van der Waals surface area contributed by atoms with E-state index in [9.17, 15) is 9.59 Å². The van der Waals surface area contributed by atoms with E-state index in [0.29, 0.717) is 17.5 Å². The Bertz CT molecular complexity index is 583. The van der Waals surface area contributed by atoms with Crippen LogP contribution in [-0.4, -0.2) is 23.9 Å². The lowest BCUT2D eigenvalue weighted by molar-refractivity contribution is 0.0927. The second-order valence-electron chi connectivity index (χ2n) is 5.72. The topological polar surface area (TPSA) is 58.2 Å². The minimum atomic E-state index is -0.0975. The van der Waals surface area contributed by atoms with Crippen molar-refractivity contribution < 1.29 is 9.59 Å². The van der Waals surface area contributed by atoms with Crippen LogP contribution in [0.4, 0.5) is 0 Å². The Morgan fingerprint density at radius 1 is 0.739 bits per heavy atom. The Kier molecular flexibility index (Phi) is 5.92. The third kappa shape index (κ3) is 5.25. The first-order chi connectivity index (χ1) is 11.1. The van der Waals surface area contributed by atoms with Crippen LogP contribution in [0.1, 0.15) is 41.0 Å². The van der Waals surface area contributed by atoms with E-state index in [1.165, 1.54) is 0 Å². The Morgan fingerprint density at radius 3 is 1.43 bits per heavy atom. The van der Waals surface area contributed by atoms with Crippen molar-refractivity contribution in [3.8, 4) is 0 Å². The van der Waals surface area contributed by atoms with Crippen LogP contribution in [-0.2, 0) is 0 Å². The molecule has 0 bridgehead atoms. The largest absolute Gasteiger partial charge is 0.350 e. The average molecular weight is 310 g/mol. The van der Waals surface area contributed by atoms with Gasteiger partial charge in [-0.3, -0.25) is 9.59 Å². The van der Waals surface area contributed by atoms with Crippen molar-refractivity contribution in [2.24, 2.45) is 0 Å². The number of hydrogen-bond donors (Lipinski definition) is 2. The Morgan fingerprint density at radius 2 is 1.09 bits per heavy atom. The van der Waals surface area contributed by atoms with Crippen molar-refractivity contribution in [3.63, 3.8) is 0 Å². The SMILES string of the molecule is CC(CC(C)NC(=O)c1ccccc1)NC(=O)c1ccccc1. The molecular formula is C19H22N2O2. The van der Waals surface area contributed by atoms with Crippen LogP contribution in [0.2, 0.25) is 0 Å². The molecule has 0 aliphatic heterocycles. The Hall–Kier alpha value is -2.62. The third-order valence-corrected chi connectivity index (χ3v) is 3.53. The standard InChI is InChI=1S/C19H22N2O2/c1-14(20-18(22)16-9-5-3-6-10-16)13-15(2)21-19(23)17-11-7-4-8-12-17/h3-12,14-15H,13H2,1-2H3,(H,20,22)(H,21,23). The molecule has 2 atom stereocenters. The van der Waals surface area contributed by atoms with Crippen LogP contribution in [0.3, 0.4) is 0 Å². The fourth-order valence-corrected chi connectivity index (χ4v) is 2.44. The first kappa shape index (κ1) is 16.7. The highest BCUT2D eigenvalue weighted by Crippen LogP contribution is 2.04. The molecule has 0 aromatic heterocycles. The smallest absolute Gasteiger partial charge is 0.251 e. The molecule has 23 heavy (non-hydrogen) atoms. The maximum absolute atomic E-state index is 12.1. The zero-order chi connectivity index (χ0) is 16.7. The fraction of sp³-hybridized carbons (Fsp3) is 0.263. The number of amides is 2. The molecule has 2 aromatic carbocycles. The number of nitrogens with one attached hydrogen (secondary N) is 2. The van der Waals surface area contributed by atoms with Gasteiger partial charge in [0.2, 0.25) is 0 Å². The van der Waals surface area contributed by atoms with Crippen molar-refractivity contribution in [3.05, 3.63) is 71.8 Å². The van der Waals surface area contributed by atoms with Crippen LogP contribution < -0.4 is 10.6 Å². The van der Waals surface area contributed by atoms with Crippen molar-refractivity contribution in [2.75, 3.05) is 0 Å². The Balaban J connectivity index is 1.82. The van der Waals surface area contributed by atoms with Gasteiger partial charge >= 0.3 is 0 Å². The number of rotatable bonds is 6. The highest BCUT2D eigenvalue weighted by molar-refractivity contribution is 5.95. The predicted octanol–water partition coefficient (Wildman–Crippen LogP) is 3.01. The van der Waals surface area contributed by atoms with Gasteiger partial charge in [0, 0.05) is 23.2 Å². The lowest BCUT2D eigenvalue weighted by atomic mass is 10.1. The van der Waals surface area contributed by atoms with Gasteiger partial charge in [0.1, 0.15) is 0 Å². The van der Waals surface area contributed by atoms with E-state index in [2.05, 4.69) is 10.6 Å². The summed E-state index contributed by atoms with van der Waals surface area (Å²) in [7, 11) is 0. The molecule has 4 nitrogen and oxygen atoms in total. The predicted molar refractivity (Wildman–Crippen MR) is 91.4 cm³/mol. The Labute approximate surface area is 136 Å². The summed E-state index contributed by atoms with van der Waals surface area (Å²) in [6, 6.07) is 18.1. The van der Waals surface area contributed by atoms with E-state index in [1.807, 2.05) is 50.2 Å². The monoisotopic (exact) mass is 310 g/mol. The molecule has 4 heteroatoms. The second kappa shape index (κ2) is 8.13. The van der Waals surface area contributed by atoms with Crippen LogP contribution >= 0.6 is 0 Å². The molecule has 2 aromatic rings. The number of hydrogen-bond acceptors (Lipinski definition) is 2. The first-order valence-corrected chi connectivity index (χ1v) is 7.78. The zero-order valence-electron chi connectivity index (χ0n) is 13.5. The third-order valence-electron chi connectivity index (χ3n) is 3.53. The van der Waals surface area contributed by atoms with Gasteiger partial charge in [0.25, 0.3) is 11.8 Å². The van der Waals surface area contributed by atoms with E-state index in [0.717, 1.165) is 0 Å². The van der Waals surface area contributed by atoms with Crippen molar-refractivity contribution in [1.82, 2.24) is 10.6 Å². The molecule has 0 heterocycles. The molecule has 0 aliphatic rings. The van der Waals surface area contributed by atoms with Gasteiger partial charge < -0.3 is 10.6 Å². The van der Waals surface area contributed by atoms with E-state index in [4.69, 9.17) is 0 Å². The molecule has 0 spiro atoms. The van der Waals surface area contributed by atoms with Crippen LogP contribution in [0.5, 0.6) is 0 Å². The highest BCUT2D eigenvalue weighted by atomic mass is 16.2. The molecule has 120 valence electrons. The molecule has 0 saturated carbocycles. The lowest BCUT2D eigenvalue weighted by Gasteiger charge is -2.20. The van der Waals surface area contributed by atoms with E-state index in [1.54, 1.807) is 24.3 Å². The second-order valence-corrected chi connectivity index (χ2v) is 5.72. The molecule has 2 unspecified atom stereocenters. The summed E-state index contributed by atoms with van der Waals surface area (Å²) in [5.41, 5.74) is 1.28. The van der Waals surface area contributed by atoms with Gasteiger partial charge in [0.05, 0.1) is 0 Å². The summed E-state index contributed by atoms with van der Waals surface area (Å²) in [6.45, 7) is 3.87. The first-order valence-electron chi connectivity index (χ1n) is 7.78. The molecule has 0 radical (unpaired) electrons. The van der Waals surface area contributed by atoms with Crippen molar-refractivity contribution in [1.29, 1.82) is 0 Å². The number of carbonyl (C=O) groups is 2. The minimum Gasteiger partial charge on any atom is -0.350 e. The molecule has 2 amide bonds. The van der Waals surface area contributed by atoms with Crippen LogP contribution in [0.15, 0.2) is 60.7 Å². The molecule has 0 saturated heterocycles. The summed E-state index contributed by atoms with van der Waals surface area (Å²) in [5, 5.41) is 5.90. The van der Waals surface area contributed by atoms with Gasteiger partial charge in [-0.2, -0.15) is 0 Å².